The van der Waals surface area contributed by atoms with Gasteiger partial charge in [-0.3, -0.25) is 4.79 Å². The molecule has 0 fully saturated rings. The first kappa shape index (κ1) is 10.0. The highest BCUT2D eigenvalue weighted by Crippen LogP contribution is 2.22. The van der Waals surface area contributed by atoms with Crippen molar-refractivity contribution in [2.24, 2.45) is 5.73 Å². The highest BCUT2D eigenvalue weighted by atomic mass is 35.5. The first-order valence-electron chi connectivity index (χ1n) is 3.77. The third-order valence-corrected chi connectivity index (χ3v) is 2.08. The van der Waals surface area contributed by atoms with Gasteiger partial charge in [-0.15, -0.1) is 0 Å². The van der Waals surface area contributed by atoms with Crippen LogP contribution >= 0.6 is 11.6 Å². The molecule has 4 heteroatoms. The van der Waals surface area contributed by atoms with Crippen LogP contribution in [0.3, 0.4) is 0 Å². The highest BCUT2D eigenvalue weighted by Gasteiger charge is 2.16. The van der Waals surface area contributed by atoms with Crippen LogP contribution in [0.25, 0.3) is 0 Å². The maximum atomic E-state index is 10.6. The lowest BCUT2D eigenvalue weighted by atomic mass is 10.1. The Labute approximate surface area is 81.1 Å². The van der Waals surface area contributed by atoms with E-state index in [0.717, 1.165) is 5.56 Å². The molecule has 0 saturated carbocycles. The summed E-state index contributed by atoms with van der Waals surface area (Å²) in [6, 6.07) is 4.06. The van der Waals surface area contributed by atoms with Crippen LogP contribution in [0.1, 0.15) is 17.2 Å². The summed E-state index contributed by atoms with van der Waals surface area (Å²) in [7, 11) is 0. The topological polar surface area (TPSA) is 63.3 Å². The average Bonchev–Trinajstić information content (AvgIpc) is 2.03. The predicted octanol–water partition coefficient (Wildman–Crippen LogP) is 1.73. The molecule has 1 rings (SSSR count). The predicted molar refractivity (Wildman–Crippen MR) is 50.8 cm³/mol. The quantitative estimate of drug-likeness (QED) is 0.763. The molecule has 0 spiro atoms. The number of hydrogen-bond donors (Lipinski definition) is 2. The van der Waals surface area contributed by atoms with Crippen LogP contribution in [-0.2, 0) is 4.79 Å². The Kier molecular flexibility index (Phi) is 2.90. The largest absolute Gasteiger partial charge is 0.480 e. The van der Waals surface area contributed by atoms with Crippen molar-refractivity contribution in [2.75, 3.05) is 0 Å². The lowest BCUT2D eigenvalue weighted by Crippen LogP contribution is -2.20. The van der Waals surface area contributed by atoms with E-state index in [2.05, 4.69) is 0 Å². The van der Waals surface area contributed by atoms with Crippen LogP contribution < -0.4 is 5.73 Å². The van der Waals surface area contributed by atoms with Gasteiger partial charge in [0.2, 0.25) is 0 Å². The molecule has 0 aromatic heterocycles. The molecule has 0 unspecified atom stereocenters. The van der Waals surface area contributed by atoms with E-state index in [9.17, 15) is 4.79 Å². The summed E-state index contributed by atoms with van der Waals surface area (Å²) in [5.41, 5.74) is 6.83. The molecule has 13 heavy (non-hydrogen) atoms. The molecule has 0 aliphatic carbocycles. The van der Waals surface area contributed by atoms with Crippen molar-refractivity contribution in [1.82, 2.24) is 0 Å². The Balaban J connectivity index is 3.08. The number of carboxylic acids is 1. The molecule has 3 N–H and O–H groups in total. The van der Waals surface area contributed by atoms with Gasteiger partial charge in [0.1, 0.15) is 6.04 Å². The fraction of sp³-hybridized carbons (Fsp3) is 0.222. The van der Waals surface area contributed by atoms with E-state index < -0.39 is 12.0 Å². The average molecular weight is 200 g/mol. The number of aryl methyl sites for hydroxylation is 1. The minimum absolute atomic E-state index is 0.398. The molecule has 70 valence electrons. The maximum Gasteiger partial charge on any atom is 0.325 e. The maximum absolute atomic E-state index is 10.6. The normalized spacial score (nSPS) is 12.5. The molecule has 0 amide bonds. The molecular weight excluding hydrogens is 190 g/mol. The summed E-state index contributed by atoms with van der Waals surface area (Å²) in [6.45, 7) is 1.88. The van der Waals surface area contributed by atoms with Gasteiger partial charge in [0.25, 0.3) is 0 Å². The molecule has 1 atom stereocenters. The van der Waals surface area contributed by atoms with Crippen LogP contribution in [0.4, 0.5) is 0 Å². The van der Waals surface area contributed by atoms with Gasteiger partial charge in [0.15, 0.2) is 0 Å². The van der Waals surface area contributed by atoms with Crippen LogP contribution in [0.2, 0.25) is 5.02 Å². The summed E-state index contributed by atoms with van der Waals surface area (Å²) < 4.78 is 0. The Morgan fingerprint density at radius 1 is 1.62 bits per heavy atom. The zero-order valence-electron chi connectivity index (χ0n) is 7.12. The van der Waals surface area contributed by atoms with Crippen molar-refractivity contribution in [3.63, 3.8) is 0 Å². The lowest BCUT2D eigenvalue weighted by Gasteiger charge is -2.08. The zero-order valence-corrected chi connectivity index (χ0v) is 7.88. The number of nitrogens with two attached hydrogens (primary N) is 1. The first-order chi connectivity index (χ1) is 6.02. The number of benzene rings is 1. The van der Waals surface area contributed by atoms with E-state index in [1.165, 1.54) is 0 Å². The highest BCUT2D eigenvalue weighted by molar-refractivity contribution is 6.31. The second kappa shape index (κ2) is 3.77. The van der Waals surface area contributed by atoms with Crippen molar-refractivity contribution in [2.45, 2.75) is 13.0 Å². The second-order valence-electron chi connectivity index (χ2n) is 2.84. The molecular formula is C9H10ClNO2. The molecule has 0 saturated heterocycles. The van der Waals surface area contributed by atoms with Gasteiger partial charge < -0.3 is 10.8 Å². The van der Waals surface area contributed by atoms with Crippen molar-refractivity contribution in [1.29, 1.82) is 0 Å². The minimum atomic E-state index is -1.08. The van der Waals surface area contributed by atoms with E-state index in [1.807, 2.05) is 6.92 Å². The van der Waals surface area contributed by atoms with Gasteiger partial charge in [0.05, 0.1) is 0 Å². The molecule has 0 radical (unpaired) electrons. The van der Waals surface area contributed by atoms with Gasteiger partial charge >= 0.3 is 5.97 Å². The standard InChI is InChI=1S/C9H10ClNO2/c1-5-2-3-6(7(10)4-5)8(11)9(12)13/h2-4,8H,11H2,1H3,(H,12,13)/t8-/m1/s1. The van der Waals surface area contributed by atoms with E-state index in [4.69, 9.17) is 22.4 Å². The Morgan fingerprint density at radius 3 is 2.69 bits per heavy atom. The Hall–Kier alpha value is -1.06. The van der Waals surface area contributed by atoms with Crippen molar-refractivity contribution in [3.05, 3.63) is 34.3 Å². The Morgan fingerprint density at radius 2 is 2.23 bits per heavy atom. The number of halogens is 1. The fourth-order valence-electron chi connectivity index (χ4n) is 1.02. The van der Waals surface area contributed by atoms with Crippen molar-refractivity contribution in [3.8, 4) is 0 Å². The fourth-order valence-corrected chi connectivity index (χ4v) is 1.37. The van der Waals surface area contributed by atoms with Gasteiger partial charge in [-0.25, -0.2) is 0 Å². The molecule has 0 bridgehead atoms. The summed E-state index contributed by atoms with van der Waals surface area (Å²) in [4.78, 5) is 10.6. The number of carboxylic acid groups (broad SMARTS) is 1. The van der Waals surface area contributed by atoms with Crippen molar-refractivity contribution >= 4 is 17.6 Å². The van der Waals surface area contributed by atoms with Crippen LogP contribution in [0.5, 0.6) is 0 Å². The molecule has 3 nitrogen and oxygen atoms in total. The van der Waals surface area contributed by atoms with E-state index in [0.29, 0.717) is 10.6 Å². The third-order valence-electron chi connectivity index (χ3n) is 1.76. The van der Waals surface area contributed by atoms with Crippen LogP contribution in [0.15, 0.2) is 18.2 Å². The van der Waals surface area contributed by atoms with E-state index in [1.54, 1.807) is 18.2 Å². The summed E-state index contributed by atoms with van der Waals surface area (Å²) in [6.07, 6.45) is 0. The van der Waals surface area contributed by atoms with E-state index in [-0.39, 0.29) is 0 Å². The van der Waals surface area contributed by atoms with Crippen LogP contribution in [0, 0.1) is 6.92 Å². The van der Waals surface area contributed by atoms with Gasteiger partial charge in [-0.2, -0.15) is 0 Å². The summed E-state index contributed by atoms with van der Waals surface area (Å²) in [5, 5.41) is 9.04. The number of aliphatic carboxylic acids is 1. The van der Waals surface area contributed by atoms with E-state index >= 15 is 0 Å². The molecule has 0 aliphatic rings. The molecule has 0 aliphatic heterocycles. The summed E-state index contributed by atoms with van der Waals surface area (Å²) in [5.74, 6) is -1.08. The minimum Gasteiger partial charge on any atom is -0.480 e. The third kappa shape index (κ3) is 2.20. The number of carbonyl (C=O) groups is 1. The SMILES string of the molecule is Cc1ccc([C@@H](N)C(=O)O)c(Cl)c1. The van der Waals surface area contributed by atoms with Crippen LogP contribution in [-0.4, -0.2) is 11.1 Å². The Bertz CT molecular complexity index is 338. The monoisotopic (exact) mass is 199 g/mol. The van der Waals surface area contributed by atoms with Crippen molar-refractivity contribution < 1.29 is 9.90 Å². The molecule has 0 heterocycles. The summed E-state index contributed by atoms with van der Waals surface area (Å²) >= 11 is 5.83. The van der Waals surface area contributed by atoms with Gasteiger partial charge in [-0.05, 0) is 24.1 Å². The smallest absolute Gasteiger partial charge is 0.325 e. The second-order valence-corrected chi connectivity index (χ2v) is 3.25. The molecule has 1 aromatic rings. The first-order valence-corrected chi connectivity index (χ1v) is 4.14. The van der Waals surface area contributed by atoms with Gasteiger partial charge in [-0.1, -0.05) is 23.7 Å². The zero-order chi connectivity index (χ0) is 10.0. The number of hydrogen-bond acceptors (Lipinski definition) is 2. The lowest BCUT2D eigenvalue weighted by molar-refractivity contribution is -0.138. The molecule has 1 aromatic carbocycles. The van der Waals surface area contributed by atoms with Gasteiger partial charge in [0, 0.05) is 5.02 Å². The number of rotatable bonds is 2.